The zero-order valence-electron chi connectivity index (χ0n) is 63.5. The molecule has 0 fully saturated rings. The first-order chi connectivity index (χ1) is 46.0. The molecule has 3 N–H and O–H groups in total. The van der Waals surface area contributed by atoms with Crippen LogP contribution in [0.2, 0.25) is 0 Å². The summed E-state index contributed by atoms with van der Waals surface area (Å²) in [5.41, 5.74) is 0. The molecular weight excluding hydrogens is 1140 g/mol. The number of hydrogen-bond acceptors (Lipinski definition) is 5. The fraction of sp³-hybridized carbons (Fsp3) is 0.931. The molecule has 0 aliphatic carbocycles. The Labute approximate surface area is 583 Å². The number of aliphatic hydroxyl groups excluding tert-OH is 2. The van der Waals surface area contributed by atoms with E-state index in [4.69, 9.17) is 4.74 Å². The molecule has 0 aromatic carbocycles. The third kappa shape index (κ3) is 79.2. The third-order valence-electron chi connectivity index (χ3n) is 20.5. The number of amides is 1. The second kappa shape index (κ2) is 82.8. The first-order valence-electron chi connectivity index (χ1n) is 43.1. The number of allylic oxidation sites excluding steroid dienone is 4. The Bertz CT molecular complexity index is 1460. The number of hydrogen-bond donors (Lipinski definition) is 3. The van der Waals surface area contributed by atoms with Gasteiger partial charge in [0.2, 0.25) is 5.91 Å². The van der Waals surface area contributed by atoms with Gasteiger partial charge in [0.1, 0.15) is 0 Å². The van der Waals surface area contributed by atoms with Gasteiger partial charge in [-0.05, 0) is 57.8 Å². The molecule has 0 heterocycles. The first-order valence-corrected chi connectivity index (χ1v) is 43.1. The van der Waals surface area contributed by atoms with E-state index in [0.29, 0.717) is 25.9 Å². The number of nitrogens with one attached hydrogen (secondary N) is 1. The Balaban J connectivity index is 3.30. The average Bonchev–Trinajstić information content (AvgIpc) is 3.78. The second-order valence-corrected chi connectivity index (χ2v) is 29.9. The predicted molar refractivity (Wildman–Crippen MR) is 412 cm³/mol. The maximum absolute atomic E-state index is 12.6. The van der Waals surface area contributed by atoms with Gasteiger partial charge >= 0.3 is 5.97 Å². The second-order valence-electron chi connectivity index (χ2n) is 29.9. The molecule has 93 heavy (non-hydrogen) atoms. The minimum atomic E-state index is -0.661. The number of rotatable bonds is 82. The maximum Gasteiger partial charge on any atom is 0.305 e. The van der Waals surface area contributed by atoms with Crippen LogP contribution < -0.4 is 5.32 Å². The van der Waals surface area contributed by atoms with E-state index >= 15 is 0 Å². The van der Waals surface area contributed by atoms with Crippen LogP contribution in [0.3, 0.4) is 0 Å². The van der Waals surface area contributed by atoms with Crippen LogP contribution in [0.4, 0.5) is 0 Å². The molecule has 0 rings (SSSR count). The van der Waals surface area contributed by atoms with Gasteiger partial charge in [0.25, 0.3) is 0 Å². The SMILES string of the molecule is CCCCCC/C=C\C/C=C\CCCCCCCCCC(=O)OCCCCCCCCCCCCCCCCCCCCCCCCCCCCCCCCCCCCCCCC(=O)NC(CO)C(O)CCCCCCCCCCCCCCCCCCCCCCC. The van der Waals surface area contributed by atoms with Crippen molar-refractivity contribution >= 4 is 11.9 Å². The van der Waals surface area contributed by atoms with Crippen LogP contribution >= 0.6 is 0 Å². The number of carbonyl (C=O) groups excluding carboxylic acids is 2. The summed E-state index contributed by atoms with van der Waals surface area (Å²) in [6.07, 6.45) is 107. The van der Waals surface area contributed by atoms with Crippen molar-refractivity contribution in [2.75, 3.05) is 13.2 Å². The lowest BCUT2D eigenvalue weighted by atomic mass is 10.0. The molecule has 0 aromatic heterocycles. The maximum atomic E-state index is 12.6. The quantitative estimate of drug-likeness (QED) is 0.0320. The van der Waals surface area contributed by atoms with Crippen molar-refractivity contribution in [3.8, 4) is 0 Å². The summed E-state index contributed by atoms with van der Waals surface area (Å²) in [6.45, 7) is 4.99. The average molecular weight is 1310 g/mol. The first kappa shape index (κ1) is 91.3. The molecule has 0 aliphatic rings. The molecule has 2 unspecified atom stereocenters. The Morgan fingerprint density at radius 2 is 0.538 bits per heavy atom. The number of carbonyl (C=O) groups is 2. The van der Waals surface area contributed by atoms with Crippen molar-refractivity contribution in [1.82, 2.24) is 5.32 Å². The van der Waals surface area contributed by atoms with Gasteiger partial charge in [0.15, 0.2) is 0 Å². The highest BCUT2D eigenvalue weighted by atomic mass is 16.5. The Morgan fingerprint density at radius 3 is 0.828 bits per heavy atom. The van der Waals surface area contributed by atoms with Crippen molar-refractivity contribution in [2.24, 2.45) is 0 Å². The smallest absolute Gasteiger partial charge is 0.305 e. The molecule has 0 bridgehead atoms. The fourth-order valence-electron chi connectivity index (χ4n) is 14.0. The van der Waals surface area contributed by atoms with E-state index in [-0.39, 0.29) is 18.5 Å². The van der Waals surface area contributed by atoms with Crippen LogP contribution in [0.15, 0.2) is 24.3 Å². The van der Waals surface area contributed by atoms with E-state index < -0.39 is 12.1 Å². The van der Waals surface area contributed by atoms with Crippen LogP contribution in [-0.4, -0.2) is 47.4 Å². The lowest BCUT2D eigenvalue weighted by Gasteiger charge is -2.22. The van der Waals surface area contributed by atoms with Crippen molar-refractivity contribution in [2.45, 2.75) is 508 Å². The fourth-order valence-corrected chi connectivity index (χ4v) is 14.0. The zero-order chi connectivity index (χ0) is 67.0. The van der Waals surface area contributed by atoms with Crippen LogP contribution in [0.25, 0.3) is 0 Å². The van der Waals surface area contributed by atoms with Gasteiger partial charge in [-0.15, -0.1) is 0 Å². The highest BCUT2D eigenvalue weighted by molar-refractivity contribution is 5.76. The molecule has 0 spiro atoms. The summed E-state index contributed by atoms with van der Waals surface area (Å²) in [6, 6.07) is -0.538. The van der Waals surface area contributed by atoms with E-state index in [1.165, 1.54) is 411 Å². The summed E-state index contributed by atoms with van der Waals surface area (Å²) in [5, 5.41) is 23.5. The summed E-state index contributed by atoms with van der Waals surface area (Å²) >= 11 is 0. The molecule has 2 atom stereocenters. The molecule has 6 heteroatoms. The summed E-state index contributed by atoms with van der Waals surface area (Å²) in [7, 11) is 0. The lowest BCUT2D eigenvalue weighted by molar-refractivity contribution is -0.143. The molecule has 0 saturated carbocycles. The van der Waals surface area contributed by atoms with Gasteiger partial charge < -0.3 is 20.3 Å². The monoisotopic (exact) mass is 1310 g/mol. The van der Waals surface area contributed by atoms with E-state index in [2.05, 4.69) is 43.5 Å². The highest BCUT2D eigenvalue weighted by Crippen LogP contribution is 2.21. The minimum absolute atomic E-state index is 0.0171. The number of esters is 1. The predicted octanol–water partition coefficient (Wildman–Crippen LogP) is 28.8. The molecule has 0 saturated heterocycles. The Hall–Kier alpha value is -1.66. The van der Waals surface area contributed by atoms with Crippen molar-refractivity contribution in [3.63, 3.8) is 0 Å². The van der Waals surface area contributed by atoms with Crippen LogP contribution in [-0.2, 0) is 14.3 Å². The summed E-state index contributed by atoms with van der Waals surface area (Å²) < 4.78 is 5.52. The van der Waals surface area contributed by atoms with Crippen LogP contribution in [0.5, 0.6) is 0 Å². The van der Waals surface area contributed by atoms with Gasteiger partial charge in [-0.1, -0.05) is 449 Å². The minimum Gasteiger partial charge on any atom is -0.466 e. The highest BCUT2D eigenvalue weighted by Gasteiger charge is 2.20. The molecule has 0 radical (unpaired) electrons. The standard InChI is InChI=1S/C87H169NO5/c1-3-5-7-9-11-13-15-17-19-21-23-41-44-47-51-55-59-63-67-71-75-79-85(90)84(83-89)88-86(91)80-76-72-68-64-60-56-52-48-45-42-39-37-35-33-31-29-27-25-24-26-28-30-32-34-36-38-40-43-46-50-54-58-62-66-70-74-78-82-93-87(92)81-77-73-69-65-61-57-53-49-22-20-18-16-14-12-10-8-6-4-2/h14,16,20,22,84-85,89-90H,3-13,15,17-19,21,23-83H2,1-2H3,(H,88,91)/b16-14-,22-20-. The van der Waals surface area contributed by atoms with Gasteiger partial charge in [0.05, 0.1) is 25.4 Å². The molecule has 552 valence electrons. The topological polar surface area (TPSA) is 95.9 Å². The Kier molecular flexibility index (Phi) is 81.3. The van der Waals surface area contributed by atoms with Crippen molar-refractivity contribution in [1.29, 1.82) is 0 Å². The van der Waals surface area contributed by atoms with E-state index in [0.717, 1.165) is 51.4 Å². The molecule has 0 aromatic rings. The molecule has 6 nitrogen and oxygen atoms in total. The largest absolute Gasteiger partial charge is 0.466 e. The van der Waals surface area contributed by atoms with Crippen LogP contribution in [0, 0.1) is 0 Å². The Morgan fingerprint density at radius 1 is 0.301 bits per heavy atom. The zero-order valence-corrected chi connectivity index (χ0v) is 63.5. The van der Waals surface area contributed by atoms with Gasteiger partial charge in [-0.25, -0.2) is 0 Å². The van der Waals surface area contributed by atoms with Gasteiger partial charge in [-0.2, -0.15) is 0 Å². The van der Waals surface area contributed by atoms with E-state index in [9.17, 15) is 19.8 Å². The molecule has 0 aliphatic heterocycles. The van der Waals surface area contributed by atoms with Crippen molar-refractivity contribution in [3.05, 3.63) is 24.3 Å². The van der Waals surface area contributed by atoms with Crippen LogP contribution in [0.1, 0.15) is 495 Å². The summed E-state index contributed by atoms with van der Waals surface area (Å²) in [5.74, 6) is -0.00626. The molecular formula is C87H169NO5. The normalized spacial score (nSPS) is 12.5. The van der Waals surface area contributed by atoms with Gasteiger partial charge in [0, 0.05) is 12.8 Å². The van der Waals surface area contributed by atoms with Crippen molar-refractivity contribution < 1.29 is 24.5 Å². The molecule has 1 amide bonds. The lowest BCUT2D eigenvalue weighted by Crippen LogP contribution is -2.45. The van der Waals surface area contributed by atoms with Gasteiger partial charge in [-0.3, -0.25) is 9.59 Å². The number of unbranched alkanes of at least 4 members (excludes halogenated alkanes) is 67. The third-order valence-corrected chi connectivity index (χ3v) is 20.5. The van der Waals surface area contributed by atoms with E-state index in [1.807, 2.05) is 0 Å². The van der Waals surface area contributed by atoms with E-state index in [1.54, 1.807) is 0 Å². The summed E-state index contributed by atoms with van der Waals surface area (Å²) in [4.78, 5) is 24.7. The number of aliphatic hydroxyl groups is 2. The number of ether oxygens (including phenoxy) is 1.